The number of pyridine rings is 1. The molecule has 3 saturated heterocycles. The quantitative estimate of drug-likeness (QED) is 0.283. The number of aromatic nitrogens is 7. The number of aromatic amines is 1. The summed E-state index contributed by atoms with van der Waals surface area (Å²) in [7, 11) is 0. The molecule has 3 aliphatic heterocycles. The summed E-state index contributed by atoms with van der Waals surface area (Å²) in [5, 5.41) is 13.3. The first-order chi connectivity index (χ1) is 22.6. The largest absolute Gasteiger partial charge is 0.383 e. The Hall–Kier alpha value is -4.84. The average molecular weight is 617 g/mol. The molecule has 0 unspecified atom stereocenters. The van der Waals surface area contributed by atoms with Crippen LogP contribution in [0.5, 0.6) is 0 Å². The van der Waals surface area contributed by atoms with Crippen LogP contribution in [0.25, 0.3) is 28.0 Å². The zero-order valence-corrected chi connectivity index (χ0v) is 25.5. The molecule has 5 aromatic rings. The second kappa shape index (κ2) is 10.9. The molecule has 46 heavy (non-hydrogen) atoms. The highest BCUT2D eigenvalue weighted by Crippen LogP contribution is 2.50. The number of hydrogen-bond donors (Lipinski definition) is 2. The van der Waals surface area contributed by atoms with E-state index in [9.17, 15) is 4.79 Å². The van der Waals surface area contributed by atoms with Crippen LogP contribution in [-0.2, 0) is 4.74 Å². The molecule has 7 heterocycles. The van der Waals surface area contributed by atoms with Crippen molar-refractivity contribution in [2.24, 2.45) is 0 Å². The van der Waals surface area contributed by atoms with Crippen molar-refractivity contribution in [2.45, 2.75) is 62.4 Å². The van der Waals surface area contributed by atoms with Crippen LogP contribution in [-0.4, -0.2) is 84.0 Å². The summed E-state index contributed by atoms with van der Waals surface area (Å²) in [6.07, 6.45) is 9.64. The van der Waals surface area contributed by atoms with Gasteiger partial charge in [0.2, 0.25) is 11.8 Å². The molecule has 0 radical (unpaired) electrons. The molecule has 4 aromatic heterocycles. The molecular weight excluding hydrogens is 580 g/mol. The Morgan fingerprint density at radius 1 is 0.891 bits per heavy atom. The number of nitrogens with one attached hydrogen (secondary N) is 1. The fourth-order valence-corrected chi connectivity index (χ4v) is 7.80. The lowest BCUT2D eigenvalue weighted by Gasteiger charge is -2.39. The molecule has 3 atom stereocenters. The Bertz CT molecular complexity index is 1900. The van der Waals surface area contributed by atoms with E-state index >= 15 is 0 Å². The van der Waals surface area contributed by atoms with Gasteiger partial charge in [-0.25, -0.2) is 4.98 Å². The average Bonchev–Trinajstić information content (AvgIpc) is 3.53. The fourth-order valence-electron chi connectivity index (χ4n) is 7.80. The van der Waals surface area contributed by atoms with Crippen LogP contribution in [0, 0.1) is 0 Å². The minimum atomic E-state index is -0.0622. The van der Waals surface area contributed by atoms with E-state index in [1.54, 1.807) is 4.52 Å². The van der Waals surface area contributed by atoms with Gasteiger partial charge in [0, 0.05) is 59.5 Å². The highest BCUT2D eigenvalue weighted by molar-refractivity contribution is 5.91. The predicted molar refractivity (Wildman–Crippen MR) is 172 cm³/mol. The van der Waals surface area contributed by atoms with Gasteiger partial charge in [0.05, 0.1) is 30.8 Å². The number of amides is 1. The Labute approximate surface area is 266 Å². The van der Waals surface area contributed by atoms with Gasteiger partial charge in [-0.3, -0.25) is 9.78 Å². The Balaban J connectivity index is 1.01. The van der Waals surface area contributed by atoms with Crippen molar-refractivity contribution >= 4 is 23.3 Å². The summed E-state index contributed by atoms with van der Waals surface area (Å²) in [4.78, 5) is 31.2. The van der Waals surface area contributed by atoms with Gasteiger partial charge in [-0.2, -0.15) is 9.61 Å². The lowest BCUT2D eigenvalue weighted by molar-refractivity contribution is 0.0557. The summed E-state index contributed by atoms with van der Waals surface area (Å²) in [6.45, 7) is 2.76. The van der Waals surface area contributed by atoms with E-state index < -0.39 is 0 Å². The zero-order chi connectivity index (χ0) is 30.8. The zero-order valence-electron chi connectivity index (χ0n) is 25.5. The van der Waals surface area contributed by atoms with Gasteiger partial charge < -0.3 is 25.3 Å². The lowest BCUT2D eigenvalue weighted by atomic mass is 9.85. The number of fused-ring (bicyclic) bond motifs is 3. The number of piperidine rings is 1. The first-order valence-electron chi connectivity index (χ1n) is 16.4. The van der Waals surface area contributed by atoms with Crippen LogP contribution in [0.4, 0.5) is 11.8 Å². The minimum Gasteiger partial charge on any atom is -0.383 e. The molecule has 1 saturated carbocycles. The Morgan fingerprint density at radius 2 is 1.67 bits per heavy atom. The first kappa shape index (κ1) is 27.5. The number of rotatable bonds is 6. The van der Waals surface area contributed by atoms with Gasteiger partial charge in [-0.05, 0) is 50.5 Å². The number of ether oxygens (including phenoxy) is 1. The topological polar surface area (TPSA) is 143 Å². The van der Waals surface area contributed by atoms with Crippen LogP contribution >= 0.6 is 0 Å². The molecule has 3 N–H and O–H groups in total. The van der Waals surface area contributed by atoms with Crippen molar-refractivity contribution < 1.29 is 9.53 Å². The van der Waals surface area contributed by atoms with Crippen LogP contribution < -0.4 is 10.6 Å². The van der Waals surface area contributed by atoms with Crippen LogP contribution in [0.3, 0.4) is 0 Å². The van der Waals surface area contributed by atoms with Gasteiger partial charge in [0.1, 0.15) is 5.82 Å². The number of H-pyrrole nitrogens is 1. The summed E-state index contributed by atoms with van der Waals surface area (Å²) in [5.41, 5.74) is 13.8. The van der Waals surface area contributed by atoms with Crippen LogP contribution in [0.2, 0.25) is 0 Å². The molecule has 9 rings (SSSR count). The summed E-state index contributed by atoms with van der Waals surface area (Å²) in [6, 6.07) is 14.5. The summed E-state index contributed by atoms with van der Waals surface area (Å²) >= 11 is 0. The summed E-state index contributed by atoms with van der Waals surface area (Å²) in [5.74, 6) is 2.20. The molecule has 234 valence electrons. The SMILES string of the molecule is Nc1c(C2CC2)c([C@@H]2C[C@H]3CC[C@@H](C2)N3C(=O)c2nnc(N3CCOCC3)[nH]2)nc2c(-c3ccc(-c4ccccc4)nc3)cnn12. The third kappa shape index (κ3) is 4.61. The maximum Gasteiger partial charge on any atom is 0.292 e. The lowest BCUT2D eigenvalue weighted by Crippen LogP contribution is -2.46. The molecule has 12 nitrogen and oxygen atoms in total. The monoisotopic (exact) mass is 616 g/mol. The van der Waals surface area contributed by atoms with Gasteiger partial charge in [-0.15, -0.1) is 10.2 Å². The third-order valence-electron chi connectivity index (χ3n) is 10.2. The van der Waals surface area contributed by atoms with Gasteiger partial charge in [0.25, 0.3) is 5.91 Å². The van der Waals surface area contributed by atoms with Crippen LogP contribution in [0.1, 0.15) is 72.2 Å². The van der Waals surface area contributed by atoms with E-state index in [0.717, 1.165) is 90.9 Å². The number of hydrogen-bond acceptors (Lipinski definition) is 9. The molecule has 0 spiro atoms. The molecule has 1 aromatic carbocycles. The maximum absolute atomic E-state index is 13.8. The van der Waals surface area contributed by atoms with Gasteiger partial charge in [0.15, 0.2) is 5.65 Å². The number of nitrogen functional groups attached to an aromatic ring is 1. The second-order valence-corrected chi connectivity index (χ2v) is 13.0. The Morgan fingerprint density at radius 3 is 2.39 bits per heavy atom. The number of carbonyl (C=O) groups is 1. The number of nitrogens with two attached hydrogens (primary N) is 1. The van der Waals surface area contributed by atoms with Crippen molar-refractivity contribution in [3.8, 4) is 22.4 Å². The Kier molecular flexibility index (Phi) is 6.51. The van der Waals surface area contributed by atoms with E-state index in [-0.39, 0.29) is 23.9 Å². The van der Waals surface area contributed by atoms with Crippen molar-refractivity contribution in [1.29, 1.82) is 0 Å². The van der Waals surface area contributed by atoms with E-state index in [0.29, 0.717) is 36.7 Å². The molecule has 4 aliphatic rings. The standard InChI is InChI=1S/C34H36N10O2/c35-30-28(21-6-7-21)29(38-32-26(19-37-44(30)32)22-8-11-27(36-18-22)20-4-2-1-3-5-20)23-16-24-9-10-25(17-23)43(24)33(45)31-39-34(41-40-31)42-12-14-46-15-13-42/h1-5,8,11,18-19,21,23-25H,6-7,9-10,12-17,35H2,(H,39,40,41)/t23-,24-,25+. The normalized spacial score (nSPS) is 22.9. The van der Waals surface area contributed by atoms with E-state index in [2.05, 4.69) is 43.2 Å². The molecule has 12 heteroatoms. The van der Waals surface area contributed by atoms with E-state index in [1.165, 1.54) is 0 Å². The first-order valence-corrected chi connectivity index (χ1v) is 16.4. The minimum absolute atomic E-state index is 0.0622. The van der Waals surface area contributed by atoms with Crippen LogP contribution in [0.15, 0.2) is 54.9 Å². The molecule has 1 amide bonds. The third-order valence-corrected chi connectivity index (χ3v) is 10.2. The molecule has 2 bridgehead atoms. The predicted octanol–water partition coefficient (Wildman–Crippen LogP) is 4.42. The van der Waals surface area contributed by atoms with Crippen molar-refractivity contribution in [1.82, 2.24) is 39.7 Å². The van der Waals surface area contributed by atoms with E-state index in [1.807, 2.05) is 36.7 Å². The highest BCUT2D eigenvalue weighted by atomic mass is 16.5. The number of morpholine rings is 1. The smallest absolute Gasteiger partial charge is 0.292 e. The van der Waals surface area contributed by atoms with E-state index in [4.69, 9.17) is 25.5 Å². The maximum atomic E-state index is 13.8. The number of anilines is 2. The summed E-state index contributed by atoms with van der Waals surface area (Å²) < 4.78 is 7.26. The van der Waals surface area contributed by atoms with Crippen molar-refractivity contribution in [3.63, 3.8) is 0 Å². The van der Waals surface area contributed by atoms with Crippen molar-refractivity contribution in [2.75, 3.05) is 36.9 Å². The van der Waals surface area contributed by atoms with Gasteiger partial charge >= 0.3 is 0 Å². The second-order valence-electron chi connectivity index (χ2n) is 13.0. The fraction of sp³-hybridized carbons (Fsp3) is 0.412. The number of nitrogens with zero attached hydrogens (tertiary/aromatic N) is 8. The highest BCUT2D eigenvalue weighted by Gasteiger charge is 2.46. The molecule has 1 aliphatic carbocycles. The molecular formula is C34H36N10O2. The number of carbonyl (C=O) groups excluding carboxylic acids is 1. The van der Waals surface area contributed by atoms with Crippen molar-refractivity contribution in [3.05, 3.63) is 71.9 Å². The van der Waals surface area contributed by atoms with Gasteiger partial charge in [-0.1, -0.05) is 36.4 Å². The molecule has 4 fully saturated rings. The number of benzene rings is 1.